The highest BCUT2D eigenvalue weighted by atomic mass is 32.1. The highest BCUT2D eigenvalue weighted by molar-refractivity contribution is 7.15. The van der Waals surface area contributed by atoms with E-state index >= 15 is 0 Å². The molecular formula is C25H25N3O4S. The van der Waals surface area contributed by atoms with Crippen LogP contribution in [0.2, 0.25) is 0 Å². The lowest BCUT2D eigenvalue weighted by Gasteiger charge is -2.19. The molecule has 8 heteroatoms. The van der Waals surface area contributed by atoms with E-state index in [4.69, 9.17) is 9.47 Å². The summed E-state index contributed by atoms with van der Waals surface area (Å²) in [5, 5.41) is 4.82. The van der Waals surface area contributed by atoms with Crippen LogP contribution in [0.3, 0.4) is 0 Å². The Balaban J connectivity index is 1.50. The minimum atomic E-state index is -0.646. The van der Waals surface area contributed by atoms with Crippen LogP contribution in [0.1, 0.15) is 30.3 Å². The number of carbonyl (C=O) groups is 1. The molecule has 0 saturated heterocycles. The van der Waals surface area contributed by atoms with Gasteiger partial charge in [0, 0.05) is 17.1 Å². The Labute approximate surface area is 195 Å². The van der Waals surface area contributed by atoms with E-state index in [2.05, 4.69) is 10.3 Å². The highest BCUT2D eigenvalue weighted by Gasteiger charge is 2.20. The molecule has 2 aromatic heterocycles. The molecule has 0 bridgehead atoms. The van der Waals surface area contributed by atoms with Crippen LogP contribution < -0.4 is 20.3 Å². The number of aryl methyl sites for hydroxylation is 2. The van der Waals surface area contributed by atoms with E-state index in [9.17, 15) is 9.59 Å². The van der Waals surface area contributed by atoms with Crippen LogP contribution in [0.25, 0.3) is 4.96 Å². The molecule has 2 aromatic carbocycles. The van der Waals surface area contributed by atoms with Gasteiger partial charge in [0.1, 0.15) is 18.1 Å². The summed E-state index contributed by atoms with van der Waals surface area (Å²) in [5.74, 6) is 0.869. The van der Waals surface area contributed by atoms with E-state index in [-0.39, 0.29) is 18.1 Å². The first-order valence-corrected chi connectivity index (χ1v) is 11.6. The predicted molar refractivity (Wildman–Crippen MR) is 129 cm³/mol. The van der Waals surface area contributed by atoms with Crippen molar-refractivity contribution < 1.29 is 14.3 Å². The summed E-state index contributed by atoms with van der Waals surface area (Å²) >= 11 is 1.41. The van der Waals surface area contributed by atoms with E-state index in [1.165, 1.54) is 17.4 Å². The summed E-state index contributed by atoms with van der Waals surface area (Å²) < 4.78 is 13.4. The molecule has 170 valence electrons. The molecule has 0 radical (unpaired) electrons. The van der Waals surface area contributed by atoms with Crippen LogP contribution in [-0.4, -0.2) is 21.4 Å². The Bertz CT molecular complexity index is 1330. The maximum Gasteiger partial charge on any atom is 0.265 e. The molecule has 0 fully saturated rings. The molecule has 0 aliphatic rings. The topological polar surface area (TPSA) is 81.9 Å². The molecule has 4 aromatic rings. The van der Waals surface area contributed by atoms with Crippen molar-refractivity contribution in [1.29, 1.82) is 0 Å². The van der Waals surface area contributed by atoms with E-state index in [1.807, 2.05) is 68.6 Å². The number of benzene rings is 2. The van der Waals surface area contributed by atoms with E-state index in [1.54, 1.807) is 10.5 Å². The van der Waals surface area contributed by atoms with Crippen molar-refractivity contribution in [2.24, 2.45) is 0 Å². The first-order chi connectivity index (χ1) is 15.9. The number of anilines is 1. The van der Waals surface area contributed by atoms with Crippen molar-refractivity contribution in [2.45, 2.75) is 39.9 Å². The molecule has 1 atom stereocenters. The SMILES string of the molecule is CCC(Oc1ccccc1)C(=O)Nc1cc(C)ccc1OCc1cc(=O)n2c(C)csc2n1. The van der Waals surface area contributed by atoms with Gasteiger partial charge in [-0.25, -0.2) is 4.98 Å². The second-order valence-corrected chi connectivity index (χ2v) is 8.52. The highest BCUT2D eigenvalue weighted by Crippen LogP contribution is 2.27. The van der Waals surface area contributed by atoms with Gasteiger partial charge in [0.2, 0.25) is 0 Å². The molecule has 1 N–H and O–H groups in total. The number of nitrogens with zero attached hydrogens (tertiary/aromatic N) is 2. The van der Waals surface area contributed by atoms with Gasteiger partial charge < -0.3 is 14.8 Å². The number of thiazole rings is 1. The van der Waals surface area contributed by atoms with Crippen molar-refractivity contribution in [3.8, 4) is 11.5 Å². The van der Waals surface area contributed by atoms with Crippen LogP contribution in [0.4, 0.5) is 5.69 Å². The molecule has 33 heavy (non-hydrogen) atoms. The van der Waals surface area contributed by atoms with Gasteiger partial charge in [-0.05, 0) is 50.1 Å². The van der Waals surface area contributed by atoms with Gasteiger partial charge in [0.15, 0.2) is 11.1 Å². The molecule has 0 saturated carbocycles. The van der Waals surface area contributed by atoms with E-state index in [0.717, 1.165) is 11.3 Å². The number of hydrogen-bond donors (Lipinski definition) is 1. The quantitative estimate of drug-likeness (QED) is 0.408. The molecule has 2 heterocycles. The lowest BCUT2D eigenvalue weighted by Crippen LogP contribution is -2.32. The van der Waals surface area contributed by atoms with Crippen LogP contribution in [0, 0.1) is 13.8 Å². The van der Waals surface area contributed by atoms with Gasteiger partial charge in [-0.2, -0.15) is 0 Å². The molecule has 4 rings (SSSR count). The summed E-state index contributed by atoms with van der Waals surface area (Å²) in [6.07, 6.45) is -0.136. The number of ether oxygens (including phenoxy) is 2. The standard InChI is InChI=1S/C25H25N3O4S/c1-4-21(32-19-8-6-5-7-9-19)24(30)27-20-12-16(2)10-11-22(20)31-14-18-13-23(29)28-17(3)15-33-25(28)26-18/h5-13,15,21H,4,14H2,1-3H3,(H,27,30). The fourth-order valence-corrected chi connectivity index (χ4v) is 4.28. The molecule has 7 nitrogen and oxygen atoms in total. The van der Waals surface area contributed by atoms with Crippen molar-refractivity contribution in [2.75, 3.05) is 5.32 Å². The normalized spacial score (nSPS) is 11.8. The zero-order valence-corrected chi connectivity index (χ0v) is 19.5. The fourth-order valence-electron chi connectivity index (χ4n) is 3.39. The second kappa shape index (κ2) is 9.87. The van der Waals surface area contributed by atoms with Crippen LogP contribution >= 0.6 is 11.3 Å². The first-order valence-electron chi connectivity index (χ1n) is 10.7. The molecule has 0 aliphatic heterocycles. The zero-order chi connectivity index (χ0) is 23.4. The van der Waals surface area contributed by atoms with Crippen LogP contribution in [0.5, 0.6) is 11.5 Å². The lowest BCUT2D eigenvalue weighted by molar-refractivity contribution is -0.122. The monoisotopic (exact) mass is 463 g/mol. The van der Waals surface area contributed by atoms with Crippen molar-refractivity contribution >= 4 is 27.9 Å². The maximum atomic E-state index is 12.9. The zero-order valence-electron chi connectivity index (χ0n) is 18.7. The summed E-state index contributed by atoms with van der Waals surface area (Å²) in [5.41, 5.74) is 2.75. The maximum absolute atomic E-state index is 12.9. The summed E-state index contributed by atoms with van der Waals surface area (Å²) in [6.45, 7) is 5.81. The van der Waals surface area contributed by atoms with Gasteiger partial charge in [-0.15, -0.1) is 11.3 Å². The first kappa shape index (κ1) is 22.5. The largest absolute Gasteiger partial charge is 0.485 e. The van der Waals surface area contributed by atoms with Gasteiger partial charge in [0.25, 0.3) is 11.5 Å². The summed E-state index contributed by atoms with van der Waals surface area (Å²) in [7, 11) is 0. The third kappa shape index (κ3) is 5.23. The fraction of sp³-hybridized carbons (Fsp3) is 0.240. The Kier molecular flexibility index (Phi) is 6.74. The van der Waals surface area contributed by atoms with Gasteiger partial charge in [0.05, 0.1) is 11.4 Å². The van der Waals surface area contributed by atoms with Gasteiger partial charge in [-0.3, -0.25) is 14.0 Å². The number of amides is 1. The van der Waals surface area contributed by atoms with E-state index < -0.39 is 6.10 Å². The minimum Gasteiger partial charge on any atom is -0.485 e. The number of rotatable bonds is 8. The third-order valence-electron chi connectivity index (χ3n) is 5.08. The minimum absolute atomic E-state index is 0.104. The Morgan fingerprint density at radius 1 is 1.15 bits per heavy atom. The van der Waals surface area contributed by atoms with E-state index in [0.29, 0.717) is 34.3 Å². The van der Waals surface area contributed by atoms with Crippen molar-refractivity contribution in [1.82, 2.24) is 9.38 Å². The number of nitrogens with one attached hydrogen (secondary N) is 1. The molecular weight excluding hydrogens is 438 g/mol. The average Bonchev–Trinajstić information content (AvgIpc) is 3.18. The predicted octanol–water partition coefficient (Wildman–Crippen LogP) is 4.75. The number of hydrogen-bond acceptors (Lipinski definition) is 6. The summed E-state index contributed by atoms with van der Waals surface area (Å²) in [6, 6.07) is 16.3. The van der Waals surface area contributed by atoms with Gasteiger partial charge >= 0.3 is 0 Å². The molecule has 0 aliphatic carbocycles. The Morgan fingerprint density at radius 2 is 1.94 bits per heavy atom. The number of fused-ring (bicyclic) bond motifs is 1. The van der Waals surface area contributed by atoms with Crippen LogP contribution in [0.15, 0.2) is 64.8 Å². The molecule has 1 unspecified atom stereocenters. The molecule has 1 amide bonds. The van der Waals surface area contributed by atoms with Gasteiger partial charge in [-0.1, -0.05) is 31.2 Å². The van der Waals surface area contributed by atoms with Crippen molar-refractivity contribution in [3.05, 3.63) is 87.3 Å². The second-order valence-electron chi connectivity index (χ2n) is 7.69. The number of para-hydroxylation sites is 1. The Morgan fingerprint density at radius 3 is 2.70 bits per heavy atom. The lowest BCUT2D eigenvalue weighted by atomic mass is 10.2. The average molecular weight is 464 g/mol. The number of aromatic nitrogens is 2. The van der Waals surface area contributed by atoms with Crippen LogP contribution in [-0.2, 0) is 11.4 Å². The smallest absolute Gasteiger partial charge is 0.265 e. The molecule has 0 spiro atoms. The summed E-state index contributed by atoms with van der Waals surface area (Å²) in [4.78, 5) is 30.5. The number of carbonyl (C=O) groups excluding carboxylic acids is 1. The Hall–Kier alpha value is -3.65. The third-order valence-corrected chi connectivity index (χ3v) is 6.03. The van der Waals surface area contributed by atoms with Crippen molar-refractivity contribution in [3.63, 3.8) is 0 Å².